The Balaban J connectivity index is 3.15. The van der Waals surface area contributed by atoms with Gasteiger partial charge in [0.1, 0.15) is 0 Å². The first kappa shape index (κ1) is 17.4. The van der Waals surface area contributed by atoms with E-state index in [1.807, 2.05) is 6.92 Å². The Kier molecular flexibility index (Phi) is 10.0. The van der Waals surface area contributed by atoms with E-state index >= 15 is 0 Å². The number of ether oxygens (including phenoxy) is 1. The standard InChI is InChI=1S/C15H32NO2/c1-5-18-15(17)13-11-9-7-6-8-10-12-14-16(2,3)4/h5-14H2,1-4H3/q+1. The Labute approximate surface area is 113 Å². The second kappa shape index (κ2) is 10.4. The normalized spacial score (nSPS) is 11.6. The summed E-state index contributed by atoms with van der Waals surface area (Å²) in [7, 11) is 6.74. The summed E-state index contributed by atoms with van der Waals surface area (Å²) < 4.78 is 5.96. The van der Waals surface area contributed by atoms with Gasteiger partial charge in [0.05, 0.1) is 34.3 Å². The number of hydrogen-bond donors (Lipinski definition) is 0. The molecule has 0 aromatic rings. The van der Waals surface area contributed by atoms with Gasteiger partial charge < -0.3 is 9.22 Å². The van der Waals surface area contributed by atoms with Gasteiger partial charge in [-0.25, -0.2) is 0 Å². The van der Waals surface area contributed by atoms with Crippen molar-refractivity contribution in [2.75, 3.05) is 34.3 Å². The molecule has 0 aliphatic heterocycles. The lowest BCUT2D eigenvalue weighted by Gasteiger charge is -2.23. The quantitative estimate of drug-likeness (QED) is 0.323. The van der Waals surface area contributed by atoms with Crippen molar-refractivity contribution in [3.63, 3.8) is 0 Å². The molecule has 0 aromatic heterocycles. The minimum absolute atomic E-state index is 0.0413. The number of nitrogens with zero attached hydrogens (tertiary/aromatic N) is 1. The van der Waals surface area contributed by atoms with Crippen LogP contribution in [0, 0.1) is 0 Å². The Morgan fingerprint density at radius 2 is 1.39 bits per heavy atom. The van der Waals surface area contributed by atoms with Crippen LogP contribution < -0.4 is 0 Å². The lowest BCUT2D eigenvalue weighted by Crippen LogP contribution is -2.35. The molecule has 0 unspecified atom stereocenters. The number of carbonyl (C=O) groups excluding carboxylic acids is 1. The fourth-order valence-corrected chi connectivity index (χ4v) is 1.97. The van der Waals surface area contributed by atoms with E-state index in [1.165, 1.54) is 38.6 Å². The van der Waals surface area contributed by atoms with Gasteiger partial charge in [-0.2, -0.15) is 0 Å². The zero-order chi connectivity index (χ0) is 13.9. The molecule has 0 bridgehead atoms. The summed E-state index contributed by atoms with van der Waals surface area (Å²) in [6.45, 7) is 3.63. The first-order valence-electron chi connectivity index (χ1n) is 7.42. The van der Waals surface area contributed by atoms with Crippen molar-refractivity contribution in [2.24, 2.45) is 0 Å². The number of esters is 1. The van der Waals surface area contributed by atoms with E-state index in [0.29, 0.717) is 13.0 Å². The molecule has 18 heavy (non-hydrogen) atoms. The van der Waals surface area contributed by atoms with Crippen LogP contribution in [0.3, 0.4) is 0 Å². The third-order valence-electron chi connectivity index (χ3n) is 3.02. The van der Waals surface area contributed by atoms with Crippen LogP contribution in [0.25, 0.3) is 0 Å². The Hall–Kier alpha value is -0.570. The van der Waals surface area contributed by atoms with Crippen molar-refractivity contribution in [3.05, 3.63) is 0 Å². The van der Waals surface area contributed by atoms with Crippen molar-refractivity contribution in [1.82, 2.24) is 0 Å². The Morgan fingerprint density at radius 1 is 0.889 bits per heavy atom. The molecule has 0 radical (unpaired) electrons. The Bertz CT molecular complexity index is 209. The van der Waals surface area contributed by atoms with Crippen LogP contribution in [-0.2, 0) is 9.53 Å². The van der Waals surface area contributed by atoms with Crippen LogP contribution in [-0.4, -0.2) is 44.7 Å². The number of rotatable bonds is 11. The maximum Gasteiger partial charge on any atom is 0.305 e. The lowest BCUT2D eigenvalue weighted by atomic mass is 10.1. The molecule has 0 aliphatic rings. The zero-order valence-corrected chi connectivity index (χ0v) is 12.8. The molecule has 0 saturated carbocycles. The molecule has 0 saturated heterocycles. The maximum atomic E-state index is 11.1. The van der Waals surface area contributed by atoms with Crippen LogP contribution in [0.5, 0.6) is 0 Å². The van der Waals surface area contributed by atoms with Crippen LogP contribution in [0.1, 0.15) is 58.3 Å². The van der Waals surface area contributed by atoms with Crippen molar-refractivity contribution in [3.8, 4) is 0 Å². The third-order valence-corrected chi connectivity index (χ3v) is 3.02. The topological polar surface area (TPSA) is 26.3 Å². The average Bonchev–Trinajstić information content (AvgIpc) is 2.25. The molecule has 0 spiro atoms. The molecule has 3 heteroatoms. The van der Waals surface area contributed by atoms with Crippen molar-refractivity contribution < 1.29 is 14.0 Å². The van der Waals surface area contributed by atoms with E-state index in [2.05, 4.69) is 21.1 Å². The summed E-state index contributed by atoms with van der Waals surface area (Å²) in [5, 5.41) is 0. The van der Waals surface area contributed by atoms with E-state index in [-0.39, 0.29) is 5.97 Å². The Morgan fingerprint density at radius 3 is 1.89 bits per heavy atom. The van der Waals surface area contributed by atoms with E-state index in [0.717, 1.165) is 17.3 Å². The van der Waals surface area contributed by atoms with Crippen LogP contribution in [0.15, 0.2) is 0 Å². The van der Waals surface area contributed by atoms with Gasteiger partial charge in [0.25, 0.3) is 0 Å². The molecular weight excluding hydrogens is 226 g/mol. The minimum atomic E-state index is -0.0413. The first-order chi connectivity index (χ1) is 8.45. The zero-order valence-electron chi connectivity index (χ0n) is 12.8. The van der Waals surface area contributed by atoms with E-state index < -0.39 is 0 Å². The molecule has 0 aromatic carbocycles. The van der Waals surface area contributed by atoms with Gasteiger partial charge >= 0.3 is 5.97 Å². The smallest absolute Gasteiger partial charge is 0.305 e. The third kappa shape index (κ3) is 13.5. The predicted molar refractivity (Wildman–Crippen MR) is 76.5 cm³/mol. The van der Waals surface area contributed by atoms with Gasteiger partial charge in [0.15, 0.2) is 0 Å². The largest absolute Gasteiger partial charge is 0.466 e. The molecule has 108 valence electrons. The second-order valence-corrected chi connectivity index (χ2v) is 6.04. The van der Waals surface area contributed by atoms with Crippen molar-refractivity contribution >= 4 is 5.97 Å². The highest BCUT2D eigenvalue weighted by Gasteiger charge is 2.05. The second-order valence-electron chi connectivity index (χ2n) is 6.04. The molecule has 0 N–H and O–H groups in total. The molecule has 0 heterocycles. The van der Waals surface area contributed by atoms with Crippen molar-refractivity contribution in [1.29, 1.82) is 0 Å². The summed E-state index contributed by atoms with van der Waals surface area (Å²) in [6, 6.07) is 0. The highest BCUT2D eigenvalue weighted by molar-refractivity contribution is 5.69. The first-order valence-corrected chi connectivity index (χ1v) is 7.42. The van der Waals surface area contributed by atoms with Gasteiger partial charge in [0.2, 0.25) is 0 Å². The molecule has 0 fully saturated rings. The fourth-order valence-electron chi connectivity index (χ4n) is 1.97. The van der Waals surface area contributed by atoms with Gasteiger partial charge in [-0.05, 0) is 26.2 Å². The number of quaternary nitrogens is 1. The SMILES string of the molecule is CCOC(=O)CCCCCCCCC[N+](C)(C)C. The van der Waals surface area contributed by atoms with Gasteiger partial charge in [-0.15, -0.1) is 0 Å². The number of carbonyl (C=O) groups is 1. The van der Waals surface area contributed by atoms with Crippen LogP contribution >= 0.6 is 0 Å². The summed E-state index contributed by atoms with van der Waals surface area (Å²) in [5.74, 6) is -0.0413. The summed E-state index contributed by atoms with van der Waals surface area (Å²) in [6.07, 6.45) is 9.30. The van der Waals surface area contributed by atoms with Crippen LogP contribution in [0.2, 0.25) is 0 Å². The fraction of sp³-hybridized carbons (Fsp3) is 0.933. The average molecular weight is 258 g/mol. The van der Waals surface area contributed by atoms with Gasteiger partial charge in [-0.3, -0.25) is 4.79 Å². The molecule has 0 rings (SSSR count). The molecule has 0 amide bonds. The minimum Gasteiger partial charge on any atom is -0.466 e. The van der Waals surface area contributed by atoms with E-state index in [4.69, 9.17) is 4.74 Å². The van der Waals surface area contributed by atoms with Crippen LogP contribution in [0.4, 0.5) is 0 Å². The molecule has 0 atom stereocenters. The summed E-state index contributed by atoms with van der Waals surface area (Å²) in [4.78, 5) is 11.1. The molecule has 0 aliphatic carbocycles. The van der Waals surface area contributed by atoms with Gasteiger partial charge in [-0.1, -0.05) is 25.7 Å². The number of unbranched alkanes of at least 4 members (excludes halogenated alkanes) is 6. The summed E-state index contributed by atoms with van der Waals surface area (Å²) >= 11 is 0. The van der Waals surface area contributed by atoms with E-state index in [1.54, 1.807) is 0 Å². The lowest BCUT2D eigenvalue weighted by molar-refractivity contribution is -0.870. The monoisotopic (exact) mass is 258 g/mol. The van der Waals surface area contributed by atoms with Crippen molar-refractivity contribution in [2.45, 2.75) is 58.3 Å². The van der Waals surface area contributed by atoms with E-state index in [9.17, 15) is 4.79 Å². The van der Waals surface area contributed by atoms with Gasteiger partial charge in [0, 0.05) is 6.42 Å². The molecular formula is C15H32NO2+. The molecule has 3 nitrogen and oxygen atoms in total. The number of hydrogen-bond acceptors (Lipinski definition) is 2. The summed E-state index contributed by atoms with van der Waals surface area (Å²) in [5.41, 5.74) is 0. The highest BCUT2D eigenvalue weighted by atomic mass is 16.5. The highest BCUT2D eigenvalue weighted by Crippen LogP contribution is 2.09. The predicted octanol–water partition coefficient (Wildman–Crippen LogP) is 3.38. The maximum absolute atomic E-state index is 11.1.